The van der Waals surface area contributed by atoms with Gasteiger partial charge in [-0.25, -0.2) is 4.79 Å². The minimum Gasteiger partial charge on any atom is -0.480 e. The van der Waals surface area contributed by atoms with E-state index in [0.717, 1.165) is 0 Å². The van der Waals surface area contributed by atoms with Crippen LogP contribution in [0.4, 0.5) is 0 Å². The number of nitrogens with two attached hydrogens (primary N) is 1. The summed E-state index contributed by atoms with van der Waals surface area (Å²) >= 11 is 0. The molecule has 3 amide bonds. The molecule has 0 aliphatic heterocycles. The molecule has 0 fully saturated rings. The van der Waals surface area contributed by atoms with Crippen LogP contribution in [0.15, 0.2) is 0 Å². The van der Waals surface area contributed by atoms with E-state index >= 15 is 0 Å². The average Bonchev–Trinajstić information content (AvgIpc) is 2.61. The fourth-order valence-electron chi connectivity index (χ4n) is 2.30. The van der Waals surface area contributed by atoms with Gasteiger partial charge < -0.3 is 42.1 Å². The third kappa shape index (κ3) is 9.17. The van der Waals surface area contributed by atoms with E-state index in [4.69, 9.17) is 15.9 Å². The number of nitrogens with one attached hydrogen (secondary N) is 3. The molecular weight excluding hydrogens is 388 g/mol. The summed E-state index contributed by atoms with van der Waals surface area (Å²) in [6, 6.07) is -5.53. The van der Waals surface area contributed by atoms with Gasteiger partial charge in [-0.3, -0.25) is 14.4 Å². The quantitative estimate of drug-likeness (QED) is 0.158. The monoisotopic (exact) mass is 420 g/mol. The lowest BCUT2D eigenvalue weighted by molar-refractivity contribution is -0.144. The summed E-state index contributed by atoms with van der Waals surface area (Å²) < 4.78 is 0. The minimum atomic E-state index is -1.61. The Morgan fingerprint density at radius 3 is 1.72 bits per heavy atom. The van der Waals surface area contributed by atoms with Gasteiger partial charge in [0.1, 0.15) is 24.2 Å². The summed E-state index contributed by atoms with van der Waals surface area (Å²) in [6.45, 7) is 5.22. The van der Waals surface area contributed by atoms with Gasteiger partial charge in [-0.05, 0) is 26.2 Å². The Morgan fingerprint density at radius 2 is 1.34 bits per heavy atom. The number of rotatable bonds is 12. The van der Waals surface area contributed by atoms with Crippen molar-refractivity contribution in [2.45, 2.75) is 70.5 Å². The Hall–Kier alpha value is -2.28. The molecule has 0 rings (SSSR count). The number of carbonyl (C=O) groups is 4. The Bertz CT molecular complexity index is 582. The lowest BCUT2D eigenvalue weighted by Crippen LogP contribution is -2.60. The van der Waals surface area contributed by atoms with Crippen molar-refractivity contribution in [2.75, 3.05) is 6.61 Å². The third-order valence-electron chi connectivity index (χ3n) is 4.02. The molecule has 168 valence electrons. The van der Waals surface area contributed by atoms with Crippen molar-refractivity contribution in [1.29, 1.82) is 0 Å². The maximum Gasteiger partial charge on any atom is 0.328 e. The molecule has 0 aromatic rings. The zero-order valence-corrected chi connectivity index (χ0v) is 17.0. The topological polar surface area (TPSA) is 211 Å². The minimum absolute atomic E-state index is 0.0431. The van der Waals surface area contributed by atoms with E-state index in [1.165, 1.54) is 13.8 Å². The number of carboxylic acids is 1. The van der Waals surface area contributed by atoms with Crippen LogP contribution in [-0.4, -0.2) is 87.1 Å². The van der Waals surface area contributed by atoms with Gasteiger partial charge in [-0.15, -0.1) is 0 Å². The molecule has 29 heavy (non-hydrogen) atoms. The zero-order valence-electron chi connectivity index (χ0n) is 17.0. The van der Waals surface area contributed by atoms with E-state index in [9.17, 15) is 29.4 Å². The van der Waals surface area contributed by atoms with Crippen molar-refractivity contribution in [3.63, 3.8) is 0 Å². The molecule has 0 spiro atoms. The first-order valence-corrected chi connectivity index (χ1v) is 9.18. The largest absolute Gasteiger partial charge is 0.480 e. The van der Waals surface area contributed by atoms with Gasteiger partial charge in [-0.2, -0.15) is 0 Å². The molecule has 0 aromatic carbocycles. The normalized spacial score (nSPS) is 17.4. The van der Waals surface area contributed by atoms with Gasteiger partial charge >= 0.3 is 5.97 Å². The van der Waals surface area contributed by atoms with Crippen LogP contribution in [0.2, 0.25) is 0 Å². The standard InChI is InChI=1S/C17H32N4O8/c1-7(2)5-10(19-15(26)12(18)8(3)23)14(25)21-13(9(4)24)16(27)20-11(6-22)17(28)29/h7-13,22-24H,5-6,18H2,1-4H3,(H,19,26)(H,20,27)(H,21,25)(H,28,29). The molecule has 0 aliphatic carbocycles. The number of hydrogen-bond donors (Lipinski definition) is 8. The van der Waals surface area contributed by atoms with E-state index in [-0.39, 0.29) is 12.3 Å². The Kier molecular flexibility index (Phi) is 11.3. The van der Waals surface area contributed by atoms with E-state index < -0.39 is 66.7 Å². The van der Waals surface area contributed by atoms with Crippen molar-refractivity contribution in [3.8, 4) is 0 Å². The van der Waals surface area contributed by atoms with Gasteiger partial charge in [0.2, 0.25) is 17.7 Å². The van der Waals surface area contributed by atoms with Crippen LogP contribution < -0.4 is 21.7 Å². The molecule has 9 N–H and O–H groups in total. The maximum absolute atomic E-state index is 12.6. The summed E-state index contributed by atoms with van der Waals surface area (Å²) in [7, 11) is 0. The lowest BCUT2D eigenvalue weighted by Gasteiger charge is -2.27. The molecule has 12 heteroatoms. The van der Waals surface area contributed by atoms with Crippen LogP contribution in [0.5, 0.6) is 0 Å². The summed E-state index contributed by atoms with van der Waals surface area (Å²) in [4.78, 5) is 47.9. The van der Waals surface area contributed by atoms with E-state index in [1.807, 2.05) is 5.32 Å². The fraction of sp³-hybridized carbons (Fsp3) is 0.765. The first-order valence-electron chi connectivity index (χ1n) is 9.18. The van der Waals surface area contributed by atoms with E-state index in [2.05, 4.69) is 10.6 Å². The van der Waals surface area contributed by atoms with Crippen LogP contribution in [0.1, 0.15) is 34.1 Å². The van der Waals surface area contributed by atoms with Gasteiger partial charge in [0.25, 0.3) is 0 Å². The number of carboxylic acid groups (broad SMARTS) is 1. The molecule has 0 saturated heterocycles. The van der Waals surface area contributed by atoms with E-state index in [0.29, 0.717) is 0 Å². The van der Waals surface area contributed by atoms with Crippen molar-refractivity contribution in [3.05, 3.63) is 0 Å². The highest BCUT2D eigenvalue weighted by Crippen LogP contribution is 2.07. The highest BCUT2D eigenvalue weighted by atomic mass is 16.4. The summed E-state index contributed by atoms with van der Waals surface area (Å²) in [5, 5.41) is 43.8. The van der Waals surface area contributed by atoms with Crippen LogP contribution in [-0.2, 0) is 19.2 Å². The van der Waals surface area contributed by atoms with Crippen molar-refractivity contribution in [1.82, 2.24) is 16.0 Å². The number of aliphatic hydroxyl groups excluding tert-OH is 3. The predicted octanol–water partition coefficient (Wildman–Crippen LogP) is -3.35. The first kappa shape index (κ1) is 26.7. The number of carbonyl (C=O) groups excluding carboxylic acids is 3. The highest BCUT2D eigenvalue weighted by Gasteiger charge is 2.33. The van der Waals surface area contributed by atoms with Crippen molar-refractivity contribution in [2.24, 2.45) is 11.7 Å². The van der Waals surface area contributed by atoms with E-state index in [1.54, 1.807) is 13.8 Å². The van der Waals surface area contributed by atoms with Gasteiger partial charge in [0.05, 0.1) is 18.8 Å². The second-order valence-corrected chi connectivity index (χ2v) is 7.27. The number of hydrogen-bond acceptors (Lipinski definition) is 8. The number of aliphatic hydroxyl groups is 3. The van der Waals surface area contributed by atoms with Gasteiger partial charge in [0.15, 0.2) is 0 Å². The number of aliphatic carboxylic acids is 1. The SMILES string of the molecule is CC(C)CC(NC(=O)C(N)C(C)O)C(=O)NC(C(=O)NC(CO)C(=O)O)C(C)O. The maximum atomic E-state index is 12.6. The molecule has 0 bridgehead atoms. The molecule has 6 atom stereocenters. The molecule has 0 heterocycles. The zero-order chi connectivity index (χ0) is 22.9. The summed E-state index contributed by atoms with van der Waals surface area (Å²) in [5.41, 5.74) is 5.56. The highest BCUT2D eigenvalue weighted by molar-refractivity contribution is 5.94. The Labute approximate surface area is 168 Å². The average molecular weight is 420 g/mol. The van der Waals surface area contributed by atoms with Crippen molar-refractivity contribution < 1.29 is 39.6 Å². The lowest BCUT2D eigenvalue weighted by atomic mass is 10.0. The predicted molar refractivity (Wildman–Crippen MR) is 101 cm³/mol. The molecule has 0 aromatic heterocycles. The molecule has 0 radical (unpaired) electrons. The van der Waals surface area contributed by atoms with Crippen molar-refractivity contribution >= 4 is 23.7 Å². The molecule has 0 saturated carbocycles. The number of amides is 3. The molecular formula is C17H32N4O8. The fourth-order valence-corrected chi connectivity index (χ4v) is 2.30. The summed E-state index contributed by atoms with van der Waals surface area (Å²) in [6.07, 6.45) is -2.38. The van der Waals surface area contributed by atoms with Gasteiger partial charge in [0, 0.05) is 0 Å². The first-order chi connectivity index (χ1) is 13.3. The third-order valence-corrected chi connectivity index (χ3v) is 4.02. The smallest absolute Gasteiger partial charge is 0.328 e. The van der Waals surface area contributed by atoms with Crippen LogP contribution >= 0.6 is 0 Å². The van der Waals surface area contributed by atoms with Crippen LogP contribution in [0.3, 0.4) is 0 Å². The van der Waals surface area contributed by atoms with Gasteiger partial charge in [-0.1, -0.05) is 13.8 Å². The second kappa shape index (κ2) is 12.3. The van der Waals surface area contributed by atoms with Crippen LogP contribution in [0, 0.1) is 5.92 Å². The molecule has 6 unspecified atom stereocenters. The second-order valence-electron chi connectivity index (χ2n) is 7.27. The molecule has 0 aliphatic rings. The molecule has 12 nitrogen and oxygen atoms in total. The Morgan fingerprint density at radius 1 is 0.828 bits per heavy atom. The van der Waals surface area contributed by atoms with Crippen LogP contribution in [0.25, 0.3) is 0 Å². The Balaban J connectivity index is 5.35. The summed E-state index contributed by atoms with van der Waals surface area (Å²) in [5.74, 6) is -4.14.